The van der Waals surface area contributed by atoms with Crippen LogP contribution in [0.15, 0.2) is 30.3 Å². The molecule has 1 N–H and O–H groups in total. The molecule has 2 saturated heterocycles. The average molecular weight is 294 g/mol. The highest BCUT2D eigenvalue weighted by atomic mass is 32.2. The first-order chi connectivity index (χ1) is 9.43. The van der Waals surface area contributed by atoms with Crippen LogP contribution in [-0.2, 0) is 14.8 Å². The van der Waals surface area contributed by atoms with Crippen LogP contribution in [0.2, 0.25) is 0 Å². The topological polar surface area (TPSA) is 66.5 Å². The first-order valence-corrected chi connectivity index (χ1v) is 8.59. The lowest BCUT2D eigenvalue weighted by atomic mass is 9.64. The van der Waals surface area contributed by atoms with Crippen LogP contribution in [0.1, 0.15) is 24.4 Å². The second-order valence-electron chi connectivity index (χ2n) is 5.64. The number of benzene rings is 1. The van der Waals surface area contributed by atoms with Gasteiger partial charge >= 0.3 is 0 Å². The van der Waals surface area contributed by atoms with Crippen LogP contribution in [0.4, 0.5) is 0 Å². The van der Waals surface area contributed by atoms with Gasteiger partial charge in [-0.2, -0.15) is 0 Å². The number of nitrogens with zero attached hydrogens (tertiary/aromatic N) is 1. The van der Waals surface area contributed by atoms with Crippen molar-refractivity contribution in [2.45, 2.75) is 18.9 Å². The zero-order chi connectivity index (χ0) is 14.4. The summed E-state index contributed by atoms with van der Waals surface area (Å²) < 4.78 is 24.6. The molecular weight excluding hydrogens is 276 g/mol. The fourth-order valence-corrected chi connectivity index (χ4v) is 4.09. The second kappa shape index (κ2) is 4.56. The zero-order valence-electron chi connectivity index (χ0n) is 11.4. The van der Waals surface area contributed by atoms with Gasteiger partial charge in [0.15, 0.2) is 0 Å². The molecule has 2 aliphatic rings. The Balaban J connectivity index is 1.81. The number of carbonyl (C=O) groups is 1. The highest BCUT2D eigenvalue weighted by molar-refractivity contribution is 7.88. The summed E-state index contributed by atoms with van der Waals surface area (Å²) in [7, 11) is -3.16. The molecule has 6 heteroatoms. The van der Waals surface area contributed by atoms with E-state index in [4.69, 9.17) is 0 Å². The lowest BCUT2D eigenvalue weighted by molar-refractivity contribution is -0.150. The minimum atomic E-state index is -3.16. The van der Waals surface area contributed by atoms with Gasteiger partial charge in [0, 0.05) is 13.1 Å². The summed E-state index contributed by atoms with van der Waals surface area (Å²) in [5, 5.41) is 2.97. The molecule has 5 nitrogen and oxygen atoms in total. The van der Waals surface area contributed by atoms with E-state index in [1.807, 2.05) is 30.3 Å². The molecule has 2 aliphatic heterocycles. The van der Waals surface area contributed by atoms with Crippen LogP contribution in [-0.4, -0.2) is 38.0 Å². The Kier molecular flexibility index (Phi) is 3.10. The van der Waals surface area contributed by atoms with Crippen molar-refractivity contribution in [3.8, 4) is 0 Å². The predicted octanol–water partition coefficient (Wildman–Crippen LogP) is 0.899. The molecule has 3 rings (SSSR count). The van der Waals surface area contributed by atoms with Gasteiger partial charge in [-0.1, -0.05) is 30.3 Å². The number of β-lactam (4-membered cyclic amide) rings is 1. The lowest BCUT2D eigenvalue weighted by Crippen LogP contribution is -2.64. The average Bonchev–Trinajstić information content (AvgIpc) is 2.45. The smallest absolute Gasteiger partial charge is 0.229 e. The molecule has 2 heterocycles. The van der Waals surface area contributed by atoms with Gasteiger partial charge in [-0.25, -0.2) is 12.7 Å². The van der Waals surface area contributed by atoms with Crippen molar-refractivity contribution in [1.82, 2.24) is 9.62 Å². The summed E-state index contributed by atoms with van der Waals surface area (Å²) in [5.41, 5.74) is 0.669. The summed E-state index contributed by atoms with van der Waals surface area (Å²) in [6.07, 6.45) is 2.40. The maximum atomic E-state index is 12.1. The predicted molar refractivity (Wildman–Crippen MR) is 75.4 cm³/mol. The van der Waals surface area contributed by atoms with Crippen molar-refractivity contribution in [2.75, 3.05) is 19.3 Å². The monoisotopic (exact) mass is 294 g/mol. The molecule has 1 spiro atoms. The van der Waals surface area contributed by atoms with Gasteiger partial charge in [-0.15, -0.1) is 0 Å². The highest BCUT2D eigenvalue weighted by Gasteiger charge is 2.56. The quantitative estimate of drug-likeness (QED) is 0.824. The first-order valence-electron chi connectivity index (χ1n) is 6.74. The third-order valence-corrected chi connectivity index (χ3v) is 5.80. The standard InChI is InChI=1S/C14H18N2O3S/c1-20(18,19)16-9-7-14(8-10-16)12(15-13(14)17)11-5-3-2-4-6-11/h2-6,12H,7-10H2,1H3,(H,15,17). The highest BCUT2D eigenvalue weighted by Crippen LogP contribution is 2.49. The van der Waals surface area contributed by atoms with Crippen molar-refractivity contribution in [1.29, 1.82) is 0 Å². The van der Waals surface area contributed by atoms with Gasteiger partial charge in [0.05, 0.1) is 17.7 Å². The Morgan fingerprint density at radius 3 is 2.30 bits per heavy atom. The minimum Gasteiger partial charge on any atom is -0.348 e. The van der Waals surface area contributed by atoms with E-state index >= 15 is 0 Å². The Hall–Kier alpha value is -1.40. The number of rotatable bonds is 2. The van der Waals surface area contributed by atoms with Crippen molar-refractivity contribution in [3.63, 3.8) is 0 Å². The van der Waals surface area contributed by atoms with Crippen molar-refractivity contribution in [2.24, 2.45) is 5.41 Å². The van der Waals surface area contributed by atoms with Crippen molar-refractivity contribution < 1.29 is 13.2 Å². The van der Waals surface area contributed by atoms with E-state index in [2.05, 4.69) is 5.32 Å². The Labute approximate surface area is 119 Å². The SMILES string of the molecule is CS(=O)(=O)N1CCC2(CC1)C(=O)NC2c1ccccc1. The molecule has 0 radical (unpaired) electrons. The van der Waals surface area contributed by atoms with E-state index in [-0.39, 0.29) is 11.9 Å². The lowest BCUT2D eigenvalue weighted by Gasteiger charge is -2.52. The van der Waals surface area contributed by atoms with E-state index in [0.29, 0.717) is 25.9 Å². The summed E-state index contributed by atoms with van der Waals surface area (Å²) in [4.78, 5) is 12.1. The van der Waals surface area contributed by atoms with E-state index in [9.17, 15) is 13.2 Å². The maximum Gasteiger partial charge on any atom is 0.229 e. The third kappa shape index (κ3) is 2.03. The molecular formula is C14H18N2O3S. The fraction of sp³-hybridized carbons (Fsp3) is 0.500. The molecule has 1 unspecified atom stereocenters. The number of sulfonamides is 1. The van der Waals surface area contributed by atoms with Crippen LogP contribution in [0.3, 0.4) is 0 Å². The van der Waals surface area contributed by atoms with Gasteiger partial charge in [-0.3, -0.25) is 4.79 Å². The van der Waals surface area contributed by atoms with Crippen LogP contribution in [0, 0.1) is 5.41 Å². The van der Waals surface area contributed by atoms with Gasteiger partial charge in [0.25, 0.3) is 0 Å². The van der Waals surface area contributed by atoms with Crippen LogP contribution >= 0.6 is 0 Å². The van der Waals surface area contributed by atoms with Crippen molar-refractivity contribution >= 4 is 15.9 Å². The zero-order valence-corrected chi connectivity index (χ0v) is 12.2. The van der Waals surface area contributed by atoms with Gasteiger partial charge in [-0.05, 0) is 18.4 Å². The maximum absolute atomic E-state index is 12.1. The normalized spacial score (nSPS) is 26.1. The van der Waals surface area contributed by atoms with E-state index in [1.54, 1.807) is 0 Å². The molecule has 0 bridgehead atoms. The third-order valence-electron chi connectivity index (χ3n) is 4.50. The second-order valence-corrected chi connectivity index (χ2v) is 7.62. The first kappa shape index (κ1) is 13.6. The molecule has 108 valence electrons. The molecule has 1 atom stereocenters. The van der Waals surface area contributed by atoms with E-state index in [1.165, 1.54) is 10.6 Å². The Bertz CT molecular complexity index is 619. The molecule has 2 fully saturated rings. The van der Waals surface area contributed by atoms with E-state index < -0.39 is 15.4 Å². The van der Waals surface area contributed by atoms with Crippen LogP contribution in [0.25, 0.3) is 0 Å². The number of nitrogens with one attached hydrogen (secondary N) is 1. The van der Waals surface area contributed by atoms with Gasteiger partial charge in [0.2, 0.25) is 15.9 Å². The molecule has 1 amide bonds. The minimum absolute atomic E-state index is 0.0120. The number of amides is 1. The molecule has 20 heavy (non-hydrogen) atoms. The molecule has 1 aromatic carbocycles. The molecule has 0 saturated carbocycles. The molecule has 0 aromatic heterocycles. The largest absolute Gasteiger partial charge is 0.348 e. The number of piperidine rings is 1. The molecule has 1 aromatic rings. The molecule has 0 aliphatic carbocycles. The summed E-state index contributed by atoms with van der Waals surface area (Å²) in [5.74, 6) is 0.0551. The van der Waals surface area contributed by atoms with Gasteiger partial charge in [0.1, 0.15) is 0 Å². The Morgan fingerprint density at radius 2 is 1.80 bits per heavy atom. The number of hydrogen-bond donors (Lipinski definition) is 1. The fourth-order valence-electron chi connectivity index (χ4n) is 3.25. The van der Waals surface area contributed by atoms with Crippen LogP contribution < -0.4 is 5.32 Å². The van der Waals surface area contributed by atoms with E-state index in [0.717, 1.165) is 5.56 Å². The number of carbonyl (C=O) groups excluding carboxylic acids is 1. The van der Waals surface area contributed by atoms with Crippen LogP contribution in [0.5, 0.6) is 0 Å². The summed E-state index contributed by atoms with van der Waals surface area (Å²) in [6, 6.07) is 9.89. The Morgan fingerprint density at radius 1 is 1.20 bits per heavy atom. The number of hydrogen-bond acceptors (Lipinski definition) is 3. The summed E-state index contributed by atoms with van der Waals surface area (Å²) in [6.45, 7) is 0.852. The summed E-state index contributed by atoms with van der Waals surface area (Å²) >= 11 is 0. The van der Waals surface area contributed by atoms with Gasteiger partial charge < -0.3 is 5.32 Å². The van der Waals surface area contributed by atoms with Crippen molar-refractivity contribution in [3.05, 3.63) is 35.9 Å².